The van der Waals surface area contributed by atoms with Crippen molar-refractivity contribution in [3.63, 3.8) is 0 Å². The Hall–Kier alpha value is -0.220. The summed E-state index contributed by atoms with van der Waals surface area (Å²) in [6, 6.07) is 0.646. The average Bonchev–Trinajstić information content (AvgIpc) is 2.49. The number of thioether (sulfide) groups is 1. The smallest absolute Gasteiger partial charge is 0.237 e. The van der Waals surface area contributed by atoms with E-state index < -0.39 is 0 Å². The molecule has 13 heavy (non-hydrogen) atoms. The molecule has 0 aromatic carbocycles. The summed E-state index contributed by atoms with van der Waals surface area (Å²) in [4.78, 5) is 15.4. The van der Waals surface area contributed by atoms with Gasteiger partial charge in [0.05, 0.1) is 13.2 Å². The van der Waals surface area contributed by atoms with Gasteiger partial charge in [-0.05, 0) is 18.6 Å². The van der Waals surface area contributed by atoms with E-state index in [0.29, 0.717) is 12.6 Å². The highest BCUT2D eigenvalue weighted by Gasteiger charge is 2.30. The minimum Gasteiger partial charge on any atom is -0.332 e. The van der Waals surface area contributed by atoms with Crippen molar-refractivity contribution in [1.82, 2.24) is 9.80 Å². The van der Waals surface area contributed by atoms with Crippen molar-refractivity contribution in [2.45, 2.75) is 18.9 Å². The van der Waals surface area contributed by atoms with Crippen molar-refractivity contribution >= 4 is 17.7 Å². The van der Waals surface area contributed by atoms with E-state index in [9.17, 15) is 4.79 Å². The van der Waals surface area contributed by atoms with E-state index in [-0.39, 0.29) is 5.91 Å². The maximum atomic E-state index is 11.3. The zero-order chi connectivity index (χ0) is 9.26. The molecule has 2 aliphatic heterocycles. The first kappa shape index (κ1) is 9.34. The van der Waals surface area contributed by atoms with Gasteiger partial charge in [0.25, 0.3) is 0 Å². The quantitative estimate of drug-likeness (QED) is 0.620. The Morgan fingerprint density at radius 3 is 2.92 bits per heavy atom. The molecule has 2 aliphatic rings. The molecule has 0 aromatic heterocycles. The first-order valence-electron chi connectivity index (χ1n) is 4.83. The molecule has 2 heterocycles. The number of hydrogen-bond acceptors (Lipinski definition) is 3. The van der Waals surface area contributed by atoms with Gasteiger partial charge in [0.2, 0.25) is 5.91 Å². The van der Waals surface area contributed by atoms with Crippen LogP contribution < -0.4 is 0 Å². The van der Waals surface area contributed by atoms with Gasteiger partial charge in [0.15, 0.2) is 0 Å². The van der Waals surface area contributed by atoms with Gasteiger partial charge in [-0.3, -0.25) is 9.69 Å². The maximum absolute atomic E-state index is 11.3. The predicted molar refractivity (Wildman–Crippen MR) is 54.7 cm³/mol. The van der Waals surface area contributed by atoms with Crippen LogP contribution in [0.5, 0.6) is 0 Å². The van der Waals surface area contributed by atoms with Gasteiger partial charge in [-0.2, -0.15) is 11.8 Å². The summed E-state index contributed by atoms with van der Waals surface area (Å²) < 4.78 is 0. The molecule has 3 nitrogen and oxygen atoms in total. The average molecular weight is 200 g/mol. The molecule has 74 valence electrons. The minimum absolute atomic E-state index is 0.274. The summed E-state index contributed by atoms with van der Waals surface area (Å²) in [6.45, 7) is 1.48. The number of hydrogen-bond donors (Lipinski definition) is 0. The highest BCUT2D eigenvalue weighted by atomic mass is 32.2. The summed E-state index contributed by atoms with van der Waals surface area (Å²) in [7, 11) is 1.89. The maximum Gasteiger partial charge on any atom is 0.237 e. The number of carbonyl (C=O) groups excluding carboxylic acids is 1. The van der Waals surface area contributed by atoms with Gasteiger partial charge in [0, 0.05) is 18.8 Å². The Bertz CT molecular complexity index is 204. The zero-order valence-electron chi connectivity index (χ0n) is 8.03. The molecule has 0 aliphatic carbocycles. The molecule has 2 fully saturated rings. The molecule has 4 heteroatoms. The third-order valence-corrected chi connectivity index (χ3v) is 4.01. The lowest BCUT2D eigenvalue weighted by atomic mass is 10.1. The molecular formula is C9H16N2OS. The van der Waals surface area contributed by atoms with Crippen LogP contribution in [0.3, 0.4) is 0 Å². The lowest BCUT2D eigenvalue weighted by Crippen LogP contribution is -2.38. The highest BCUT2D eigenvalue weighted by Crippen LogP contribution is 2.23. The van der Waals surface area contributed by atoms with E-state index in [4.69, 9.17) is 0 Å². The first-order valence-corrected chi connectivity index (χ1v) is 5.98. The van der Waals surface area contributed by atoms with Crippen molar-refractivity contribution in [3.8, 4) is 0 Å². The van der Waals surface area contributed by atoms with Crippen LogP contribution in [0.25, 0.3) is 0 Å². The number of nitrogens with zero attached hydrogens (tertiary/aromatic N) is 2. The van der Waals surface area contributed by atoms with E-state index in [0.717, 1.165) is 6.67 Å². The third kappa shape index (κ3) is 1.99. The highest BCUT2D eigenvalue weighted by molar-refractivity contribution is 7.99. The molecule has 0 aromatic rings. The first-order chi connectivity index (χ1) is 6.27. The SMILES string of the molecule is CN1CN(C2CCCSC2)CC1=O. The van der Waals surface area contributed by atoms with Crippen molar-refractivity contribution in [2.75, 3.05) is 31.8 Å². The molecule has 0 spiro atoms. The lowest BCUT2D eigenvalue weighted by molar-refractivity contribution is -0.125. The monoisotopic (exact) mass is 200 g/mol. The van der Waals surface area contributed by atoms with Gasteiger partial charge in [-0.1, -0.05) is 0 Å². The van der Waals surface area contributed by atoms with Crippen LogP contribution in [-0.2, 0) is 4.79 Å². The fourth-order valence-corrected chi connectivity index (χ4v) is 3.14. The van der Waals surface area contributed by atoms with Crippen LogP contribution in [0, 0.1) is 0 Å². The number of carbonyl (C=O) groups is 1. The van der Waals surface area contributed by atoms with Crippen LogP contribution in [0.1, 0.15) is 12.8 Å². The second kappa shape index (κ2) is 3.88. The molecule has 1 atom stereocenters. The van der Waals surface area contributed by atoms with E-state index in [2.05, 4.69) is 4.90 Å². The van der Waals surface area contributed by atoms with E-state index in [1.165, 1.54) is 24.3 Å². The molecule has 2 saturated heterocycles. The largest absolute Gasteiger partial charge is 0.332 e. The molecule has 1 unspecified atom stereocenters. The van der Waals surface area contributed by atoms with Crippen molar-refractivity contribution in [2.24, 2.45) is 0 Å². The Morgan fingerprint density at radius 2 is 2.38 bits per heavy atom. The summed E-state index contributed by atoms with van der Waals surface area (Å²) >= 11 is 2.02. The summed E-state index contributed by atoms with van der Waals surface area (Å²) in [5, 5.41) is 0. The van der Waals surface area contributed by atoms with Crippen LogP contribution in [0.2, 0.25) is 0 Å². The van der Waals surface area contributed by atoms with E-state index in [1.807, 2.05) is 23.7 Å². The number of rotatable bonds is 1. The number of likely N-dealkylation sites (N-methyl/N-ethyl adjacent to an activating group) is 1. The number of amides is 1. The Morgan fingerprint density at radius 1 is 1.54 bits per heavy atom. The van der Waals surface area contributed by atoms with Gasteiger partial charge < -0.3 is 4.90 Å². The summed E-state index contributed by atoms with van der Waals surface area (Å²) in [5.74, 6) is 2.78. The summed E-state index contributed by atoms with van der Waals surface area (Å²) in [6.07, 6.45) is 2.58. The van der Waals surface area contributed by atoms with Crippen molar-refractivity contribution < 1.29 is 4.79 Å². The molecule has 0 radical (unpaired) electrons. The molecule has 0 bridgehead atoms. The predicted octanol–water partition coefficient (Wildman–Crippen LogP) is 0.614. The van der Waals surface area contributed by atoms with Crippen molar-refractivity contribution in [3.05, 3.63) is 0 Å². The zero-order valence-corrected chi connectivity index (χ0v) is 8.85. The van der Waals surface area contributed by atoms with Crippen LogP contribution in [-0.4, -0.2) is 53.5 Å². The molecular weight excluding hydrogens is 184 g/mol. The van der Waals surface area contributed by atoms with E-state index in [1.54, 1.807) is 0 Å². The second-order valence-corrected chi connectivity index (χ2v) is 5.00. The van der Waals surface area contributed by atoms with Crippen LogP contribution in [0.15, 0.2) is 0 Å². The molecule has 2 rings (SSSR count). The Balaban J connectivity index is 1.90. The third-order valence-electron chi connectivity index (χ3n) is 2.81. The lowest BCUT2D eigenvalue weighted by Gasteiger charge is -2.29. The van der Waals surface area contributed by atoms with Crippen LogP contribution in [0.4, 0.5) is 0 Å². The fourth-order valence-electron chi connectivity index (χ4n) is 1.95. The Labute approximate surface area is 83.5 Å². The van der Waals surface area contributed by atoms with Crippen molar-refractivity contribution in [1.29, 1.82) is 0 Å². The summed E-state index contributed by atoms with van der Waals surface area (Å²) in [5.41, 5.74) is 0. The van der Waals surface area contributed by atoms with Gasteiger partial charge in [0.1, 0.15) is 0 Å². The topological polar surface area (TPSA) is 23.6 Å². The van der Waals surface area contributed by atoms with Crippen LogP contribution >= 0.6 is 11.8 Å². The molecule has 0 N–H and O–H groups in total. The Kier molecular flexibility index (Phi) is 2.79. The van der Waals surface area contributed by atoms with Gasteiger partial charge in [-0.15, -0.1) is 0 Å². The molecule has 0 saturated carbocycles. The minimum atomic E-state index is 0.274. The second-order valence-electron chi connectivity index (χ2n) is 3.85. The van der Waals surface area contributed by atoms with Gasteiger partial charge >= 0.3 is 0 Å². The molecule has 1 amide bonds. The van der Waals surface area contributed by atoms with E-state index >= 15 is 0 Å². The fraction of sp³-hybridized carbons (Fsp3) is 0.889. The standard InChI is InChI=1S/C9H16N2OS/c1-10-7-11(5-9(10)12)8-3-2-4-13-6-8/h8H,2-7H2,1H3. The normalized spacial score (nSPS) is 31.3. The van der Waals surface area contributed by atoms with Gasteiger partial charge in [-0.25, -0.2) is 0 Å².